The van der Waals surface area contributed by atoms with Gasteiger partial charge in [-0.1, -0.05) is 36.4 Å². The van der Waals surface area contributed by atoms with Crippen LogP contribution in [0.2, 0.25) is 0 Å². The van der Waals surface area contributed by atoms with E-state index in [2.05, 4.69) is 15.0 Å². The van der Waals surface area contributed by atoms with E-state index < -0.39 is 17.2 Å². The molecule has 0 bridgehead atoms. The van der Waals surface area contributed by atoms with Crippen LogP contribution < -0.4 is 4.74 Å². The van der Waals surface area contributed by atoms with Gasteiger partial charge in [0.05, 0.1) is 22.9 Å². The summed E-state index contributed by atoms with van der Waals surface area (Å²) in [5, 5.41) is 9.21. The summed E-state index contributed by atoms with van der Waals surface area (Å²) >= 11 is 0. The van der Waals surface area contributed by atoms with E-state index in [0.717, 1.165) is 22.4 Å². The number of imidazole rings is 1. The van der Waals surface area contributed by atoms with Gasteiger partial charge in [-0.2, -0.15) is 0 Å². The Morgan fingerprint density at radius 3 is 2.45 bits per heavy atom. The Kier molecular flexibility index (Phi) is 5.96. The fourth-order valence-electron chi connectivity index (χ4n) is 3.32. The summed E-state index contributed by atoms with van der Waals surface area (Å²) in [5.41, 5.74) is 3.41. The second-order valence-electron chi connectivity index (χ2n) is 8.52. The maximum Gasteiger partial charge on any atom is 0.312 e. The second-order valence-corrected chi connectivity index (χ2v) is 8.52. The highest BCUT2D eigenvalue weighted by molar-refractivity contribution is 5.74. The van der Waals surface area contributed by atoms with Crippen molar-refractivity contribution in [3.05, 3.63) is 78.4 Å². The van der Waals surface area contributed by atoms with E-state index in [1.165, 1.54) is 6.07 Å². The molecule has 2 heterocycles. The summed E-state index contributed by atoms with van der Waals surface area (Å²) in [6.07, 6.45) is 3.30. The molecule has 0 radical (unpaired) electrons. The molecule has 2 aromatic heterocycles. The molecule has 6 nitrogen and oxygen atoms in total. The van der Waals surface area contributed by atoms with Gasteiger partial charge in [-0.05, 0) is 49.6 Å². The molecule has 7 heteroatoms. The van der Waals surface area contributed by atoms with Crippen molar-refractivity contribution in [2.75, 3.05) is 6.61 Å². The summed E-state index contributed by atoms with van der Waals surface area (Å²) in [4.78, 5) is 23.0. The minimum atomic E-state index is -1.03. The third-order valence-electron chi connectivity index (χ3n) is 5.44. The number of aromatic nitrogens is 3. The third kappa shape index (κ3) is 4.77. The highest BCUT2D eigenvalue weighted by atomic mass is 19.1. The first-order chi connectivity index (χ1) is 15.7. The van der Waals surface area contributed by atoms with Gasteiger partial charge in [-0.25, -0.2) is 14.4 Å². The van der Waals surface area contributed by atoms with Gasteiger partial charge >= 0.3 is 5.97 Å². The Balaban J connectivity index is 1.55. The molecule has 33 heavy (non-hydrogen) atoms. The summed E-state index contributed by atoms with van der Waals surface area (Å²) in [5.74, 6) is -0.563. The number of hydrogen-bond acceptors (Lipinski definition) is 4. The molecule has 168 valence electrons. The Labute approximate surface area is 191 Å². The highest BCUT2D eigenvalue weighted by Crippen LogP contribution is 2.30. The molecule has 4 rings (SSSR count). The number of ether oxygens (including phenoxy) is 1. The van der Waals surface area contributed by atoms with Gasteiger partial charge in [-0.3, -0.25) is 4.79 Å². The predicted molar refractivity (Wildman–Crippen MR) is 124 cm³/mol. The number of nitrogens with zero attached hydrogens (tertiary/aromatic N) is 2. The number of carboxylic acid groups (broad SMARTS) is 1. The maximum absolute atomic E-state index is 15.0. The van der Waals surface area contributed by atoms with E-state index in [1.54, 1.807) is 38.4 Å². The van der Waals surface area contributed by atoms with Gasteiger partial charge in [0.25, 0.3) is 0 Å². The standard InChI is InChI=1S/C26H24FN3O3/c1-16-11-23(33-15-26(2,3)25(31)32)28-13-20(16)18-9-10-19(21(27)12-18)24-29-14-22(30-24)17-7-5-4-6-8-17/h4-14H,15H2,1-3H3,(H,29,30)(H,31,32). The van der Waals surface area contributed by atoms with Crippen LogP contribution in [0.25, 0.3) is 33.8 Å². The van der Waals surface area contributed by atoms with Crippen molar-refractivity contribution in [2.24, 2.45) is 5.41 Å². The lowest BCUT2D eigenvalue weighted by Crippen LogP contribution is -2.30. The number of halogens is 1. The van der Waals surface area contributed by atoms with Gasteiger partial charge < -0.3 is 14.8 Å². The average molecular weight is 445 g/mol. The molecule has 0 atom stereocenters. The minimum Gasteiger partial charge on any atom is -0.481 e. The largest absolute Gasteiger partial charge is 0.481 e. The van der Waals surface area contributed by atoms with E-state index in [-0.39, 0.29) is 6.61 Å². The van der Waals surface area contributed by atoms with Crippen molar-refractivity contribution in [2.45, 2.75) is 20.8 Å². The van der Waals surface area contributed by atoms with Crippen molar-refractivity contribution < 1.29 is 19.0 Å². The summed E-state index contributed by atoms with van der Waals surface area (Å²) in [7, 11) is 0. The van der Waals surface area contributed by atoms with E-state index in [9.17, 15) is 9.90 Å². The molecular formula is C26H24FN3O3. The molecule has 0 fully saturated rings. The smallest absolute Gasteiger partial charge is 0.312 e. The van der Waals surface area contributed by atoms with Crippen molar-refractivity contribution in [3.63, 3.8) is 0 Å². The Bertz CT molecular complexity index is 1300. The first kappa shape index (κ1) is 22.2. The zero-order valence-electron chi connectivity index (χ0n) is 18.6. The number of hydrogen-bond donors (Lipinski definition) is 2. The Morgan fingerprint density at radius 2 is 1.79 bits per heavy atom. The average Bonchev–Trinajstić information content (AvgIpc) is 3.28. The van der Waals surface area contributed by atoms with Crippen LogP contribution in [0.4, 0.5) is 4.39 Å². The number of carboxylic acids is 1. The molecule has 0 unspecified atom stereocenters. The second kappa shape index (κ2) is 8.86. The Hall–Kier alpha value is -4.00. The molecular weight excluding hydrogens is 421 g/mol. The lowest BCUT2D eigenvalue weighted by Gasteiger charge is -2.19. The van der Waals surface area contributed by atoms with E-state index >= 15 is 4.39 Å². The fraction of sp³-hybridized carbons (Fsp3) is 0.192. The number of pyridine rings is 1. The Morgan fingerprint density at radius 1 is 1.03 bits per heavy atom. The molecule has 0 amide bonds. The molecule has 0 aliphatic carbocycles. The van der Waals surface area contributed by atoms with Crippen LogP contribution in [-0.4, -0.2) is 32.6 Å². The number of aromatic amines is 1. The number of rotatable bonds is 7. The highest BCUT2D eigenvalue weighted by Gasteiger charge is 2.28. The van der Waals surface area contributed by atoms with Crippen LogP contribution in [0.1, 0.15) is 19.4 Å². The molecule has 0 spiro atoms. The first-order valence-corrected chi connectivity index (χ1v) is 10.5. The fourth-order valence-corrected chi connectivity index (χ4v) is 3.32. The molecule has 2 aromatic carbocycles. The quantitative estimate of drug-likeness (QED) is 0.379. The van der Waals surface area contributed by atoms with Crippen molar-refractivity contribution in [1.29, 1.82) is 0 Å². The van der Waals surface area contributed by atoms with Crippen LogP contribution >= 0.6 is 0 Å². The van der Waals surface area contributed by atoms with E-state index in [1.807, 2.05) is 43.3 Å². The lowest BCUT2D eigenvalue weighted by atomic mass is 9.95. The van der Waals surface area contributed by atoms with Gasteiger partial charge in [0, 0.05) is 17.8 Å². The zero-order chi connectivity index (χ0) is 23.6. The number of nitrogens with one attached hydrogen (secondary N) is 1. The van der Waals surface area contributed by atoms with E-state index in [4.69, 9.17) is 4.74 Å². The van der Waals surface area contributed by atoms with Gasteiger partial charge in [-0.15, -0.1) is 0 Å². The number of carbonyl (C=O) groups is 1. The molecule has 0 aliphatic heterocycles. The van der Waals surface area contributed by atoms with Gasteiger partial charge in [0.1, 0.15) is 18.2 Å². The number of benzene rings is 2. The van der Waals surface area contributed by atoms with Gasteiger partial charge in [0.2, 0.25) is 5.88 Å². The van der Waals surface area contributed by atoms with Crippen LogP contribution in [-0.2, 0) is 4.79 Å². The molecule has 2 N–H and O–H groups in total. The minimum absolute atomic E-state index is 0.00837. The molecule has 4 aromatic rings. The lowest BCUT2D eigenvalue weighted by molar-refractivity contribution is -0.148. The van der Waals surface area contributed by atoms with Crippen LogP contribution in [0.15, 0.2) is 67.0 Å². The summed E-state index contributed by atoms with van der Waals surface area (Å²) in [6.45, 7) is 5.04. The first-order valence-electron chi connectivity index (χ1n) is 10.5. The summed E-state index contributed by atoms with van der Waals surface area (Å²) in [6, 6.07) is 16.4. The maximum atomic E-state index is 15.0. The van der Waals surface area contributed by atoms with Crippen molar-refractivity contribution in [1.82, 2.24) is 15.0 Å². The monoisotopic (exact) mass is 445 g/mol. The summed E-state index contributed by atoms with van der Waals surface area (Å²) < 4.78 is 20.6. The number of H-pyrrole nitrogens is 1. The topological polar surface area (TPSA) is 88.1 Å². The van der Waals surface area contributed by atoms with Crippen molar-refractivity contribution in [3.8, 4) is 39.7 Å². The van der Waals surface area contributed by atoms with Gasteiger partial charge in [0.15, 0.2) is 0 Å². The molecule has 0 aliphatic rings. The predicted octanol–water partition coefficient (Wildman–Crippen LogP) is 5.74. The van der Waals surface area contributed by atoms with E-state index in [0.29, 0.717) is 22.8 Å². The SMILES string of the molecule is Cc1cc(OCC(C)(C)C(=O)O)ncc1-c1ccc(-c2ncc(-c3ccccc3)[nH]2)c(F)c1. The van der Waals surface area contributed by atoms with Crippen LogP contribution in [0.5, 0.6) is 5.88 Å². The molecule has 0 saturated carbocycles. The number of aryl methyl sites for hydroxylation is 1. The number of aliphatic carboxylic acids is 1. The third-order valence-corrected chi connectivity index (χ3v) is 5.44. The van der Waals surface area contributed by atoms with Crippen LogP contribution in [0.3, 0.4) is 0 Å². The normalized spacial score (nSPS) is 11.4. The van der Waals surface area contributed by atoms with Crippen molar-refractivity contribution >= 4 is 5.97 Å². The zero-order valence-corrected chi connectivity index (χ0v) is 18.6. The van der Waals surface area contributed by atoms with Crippen LogP contribution in [0, 0.1) is 18.2 Å². The molecule has 0 saturated heterocycles.